The predicted molar refractivity (Wildman–Crippen MR) is 99.4 cm³/mol. The highest BCUT2D eigenvalue weighted by atomic mass is 32.2. The fourth-order valence-corrected chi connectivity index (χ4v) is 4.34. The van der Waals surface area contributed by atoms with E-state index in [2.05, 4.69) is 9.71 Å². The molecule has 0 saturated heterocycles. The van der Waals surface area contributed by atoms with Gasteiger partial charge in [0.05, 0.1) is 12.8 Å². The fourth-order valence-electron chi connectivity index (χ4n) is 2.36. The Balaban J connectivity index is 1.64. The Morgan fingerprint density at radius 1 is 1.15 bits per heavy atom. The molecule has 3 rings (SSSR count). The minimum Gasteiger partial charge on any atom is -0.497 e. The fraction of sp³-hybridized carbons (Fsp3) is 0.167. The van der Waals surface area contributed by atoms with Crippen molar-refractivity contribution in [3.05, 3.63) is 65.2 Å². The lowest BCUT2D eigenvalue weighted by Crippen LogP contribution is -2.27. The van der Waals surface area contributed by atoms with Gasteiger partial charge in [0.1, 0.15) is 27.3 Å². The first-order chi connectivity index (χ1) is 12.9. The molecule has 3 aromatic rings. The van der Waals surface area contributed by atoms with Crippen molar-refractivity contribution in [2.45, 2.75) is 11.3 Å². The SMILES string of the molecule is COc1ccc(-c2nc(CCNS(=O)(=O)c3cc(F)ccc3F)cs2)cc1. The minimum atomic E-state index is -4.14. The number of halogens is 2. The molecule has 5 nitrogen and oxygen atoms in total. The maximum atomic E-state index is 13.7. The van der Waals surface area contributed by atoms with Crippen LogP contribution in [0.5, 0.6) is 5.75 Å². The van der Waals surface area contributed by atoms with Gasteiger partial charge in [-0.25, -0.2) is 26.9 Å². The van der Waals surface area contributed by atoms with Gasteiger partial charge in [0.25, 0.3) is 0 Å². The van der Waals surface area contributed by atoms with E-state index in [1.807, 2.05) is 29.6 Å². The first-order valence-electron chi connectivity index (χ1n) is 7.92. The first kappa shape index (κ1) is 19.4. The normalized spacial score (nSPS) is 11.5. The van der Waals surface area contributed by atoms with Crippen molar-refractivity contribution >= 4 is 21.4 Å². The van der Waals surface area contributed by atoms with Gasteiger partial charge in [0.2, 0.25) is 10.0 Å². The monoisotopic (exact) mass is 410 g/mol. The van der Waals surface area contributed by atoms with Gasteiger partial charge in [0.15, 0.2) is 0 Å². The summed E-state index contributed by atoms with van der Waals surface area (Å²) in [6, 6.07) is 9.74. The number of sulfonamides is 1. The van der Waals surface area contributed by atoms with Gasteiger partial charge in [0, 0.05) is 23.9 Å². The van der Waals surface area contributed by atoms with Gasteiger partial charge in [-0.3, -0.25) is 0 Å². The molecule has 9 heteroatoms. The van der Waals surface area contributed by atoms with E-state index in [-0.39, 0.29) is 6.54 Å². The molecule has 0 saturated carbocycles. The number of hydrogen-bond donors (Lipinski definition) is 1. The van der Waals surface area contributed by atoms with Crippen LogP contribution in [0.3, 0.4) is 0 Å². The Hall–Kier alpha value is -2.36. The van der Waals surface area contributed by atoms with Crippen molar-refractivity contribution < 1.29 is 21.9 Å². The van der Waals surface area contributed by atoms with Crippen LogP contribution in [0, 0.1) is 11.6 Å². The molecule has 142 valence electrons. The van der Waals surface area contributed by atoms with Gasteiger partial charge in [-0.2, -0.15) is 0 Å². The first-order valence-corrected chi connectivity index (χ1v) is 10.3. The molecule has 0 unspecified atom stereocenters. The third-order valence-corrected chi connectivity index (χ3v) is 6.16. The van der Waals surface area contributed by atoms with Crippen LogP contribution in [0.4, 0.5) is 8.78 Å². The van der Waals surface area contributed by atoms with E-state index < -0.39 is 26.6 Å². The Labute approximate surface area is 159 Å². The van der Waals surface area contributed by atoms with Crippen LogP contribution < -0.4 is 9.46 Å². The van der Waals surface area contributed by atoms with Gasteiger partial charge < -0.3 is 4.74 Å². The molecule has 0 fully saturated rings. The standard InChI is InChI=1S/C18H16F2N2O3S2/c1-25-15-5-2-12(3-6-15)18-22-14(11-26-18)8-9-21-27(23,24)17-10-13(19)4-7-16(17)20/h2-7,10-11,21H,8-9H2,1H3. The van der Waals surface area contributed by atoms with E-state index in [1.54, 1.807) is 7.11 Å². The van der Waals surface area contributed by atoms with Gasteiger partial charge >= 0.3 is 0 Å². The van der Waals surface area contributed by atoms with Crippen molar-refractivity contribution in [2.75, 3.05) is 13.7 Å². The van der Waals surface area contributed by atoms with Crippen molar-refractivity contribution in [1.82, 2.24) is 9.71 Å². The second kappa shape index (κ2) is 8.12. The quantitative estimate of drug-likeness (QED) is 0.646. The van der Waals surface area contributed by atoms with Crippen LogP contribution in [0.25, 0.3) is 10.6 Å². The third-order valence-electron chi connectivity index (χ3n) is 3.74. The van der Waals surface area contributed by atoms with Crippen LogP contribution in [-0.2, 0) is 16.4 Å². The Kier molecular flexibility index (Phi) is 5.83. The molecular formula is C18H16F2N2O3S2. The van der Waals surface area contributed by atoms with E-state index in [0.29, 0.717) is 18.2 Å². The summed E-state index contributed by atoms with van der Waals surface area (Å²) in [5.74, 6) is -1.07. The summed E-state index contributed by atoms with van der Waals surface area (Å²) < 4.78 is 58.5. The van der Waals surface area contributed by atoms with Crippen molar-refractivity contribution in [2.24, 2.45) is 0 Å². The Morgan fingerprint density at radius 2 is 1.89 bits per heavy atom. The number of benzene rings is 2. The third kappa shape index (κ3) is 4.68. The summed E-state index contributed by atoms with van der Waals surface area (Å²) in [6.07, 6.45) is 0.322. The summed E-state index contributed by atoms with van der Waals surface area (Å²) in [4.78, 5) is 3.76. The van der Waals surface area contributed by atoms with Crippen LogP contribution in [0.15, 0.2) is 52.7 Å². The van der Waals surface area contributed by atoms with Crippen LogP contribution in [-0.4, -0.2) is 27.1 Å². The lowest BCUT2D eigenvalue weighted by Gasteiger charge is -2.07. The molecule has 0 amide bonds. The van der Waals surface area contributed by atoms with Crippen molar-refractivity contribution in [3.8, 4) is 16.3 Å². The molecule has 0 radical (unpaired) electrons. The summed E-state index contributed by atoms with van der Waals surface area (Å²) >= 11 is 1.44. The lowest BCUT2D eigenvalue weighted by atomic mass is 10.2. The van der Waals surface area contributed by atoms with Gasteiger partial charge in [-0.15, -0.1) is 11.3 Å². The number of nitrogens with one attached hydrogen (secondary N) is 1. The smallest absolute Gasteiger partial charge is 0.243 e. The van der Waals surface area contributed by atoms with E-state index >= 15 is 0 Å². The molecule has 1 aromatic heterocycles. The lowest BCUT2D eigenvalue weighted by molar-refractivity contribution is 0.415. The second-order valence-corrected chi connectivity index (χ2v) is 8.19. The van der Waals surface area contributed by atoms with Crippen molar-refractivity contribution in [3.63, 3.8) is 0 Å². The number of rotatable bonds is 7. The maximum Gasteiger partial charge on any atom is 0.243 e. The van der Waals surface area contributed by atoms with E-state index in [1.165, 1.54) is 11.3 Å². The van der Waals surface area contributed by atoms with Crippen LogP contribution in [0.1, 0.15) is 5.69 Å². The molecule has 0 spiro atoms. The molecule has 1 heterocycles. The average molecular weight is 410 g/mol. The summed E-state index contributed by atoms with van der Waals surface area (Å²) in [7, 11) is -2.55. The predicted octanol–water partition coefficient (Wildman–Crippen LogP) is 3.62. The molecule has 1 N–H and O–H groups in total. The Bertz CT molecular complexity index is 1040. The molecule has 2 aromatic carbocycles. The molecule has 0 aliphatic heterocycles. The molecule has 27 heavy (non-hydrogen) atoms. The van der Waals surface area contributed by atoms with Gasteiger partial charge in [-0.05, 0) is 42.5 Å². The maximum absolute atomic E-state index is 13.7. The highest BCUT2D eigenvalue weighted by molar-refractivity contribution is 7.89. The highest BCUT2D eigenvalue weighted by Crippen LogP contribution is 2.25. The minimum absolute atomic E-state index is 0.0179. The van der Waals surface area contributed by atoms with Crippen LogP contribution in [0.2, 0.25) is 0 Å². The van der Waals surface area contributed by atoms with E-state index in [0.717, 1.165) is 28.5 Å². The summed E-state index contributed by atoms with van der Waals surface area (Å²) in [6.45, 7) is 0.0179. The largest absolute Gasteiger partial charge is 0.497 e. The van der Waals surface area contributed by atoms with Crippen LogP contribution >= 0.6 is 11.3 Å². The zero-order chi connectivity index (χ0) is 19.4. The van der Waals surface area contributed by atoms with E-state index in [4.69, 9.17) is 4.74 Å². The second-order valence-electron chi connectivity index (χ2n) is 5.60. The average Bonchev–Trinajstić information content (AvgIpc) is 3.12. The summed E-state index contributed by atoms with van der Waals surface area (Å²) in [5, 5.41) is 2.63. The van der Waals surface area contributed by atoms with Crippen molar-refractivity contribution in [1.29, 1.82) is 0 Å². The zero-order valence-corrected chi connectivity index (χ0v) is 15.9. The van der Waals surface area contributed by atoms with Gasteiger partial charge in [-0.1, -0.05) is 0 Å². The zero-order valence-electron chi connectivity index (χ0n) is 14.3. The number of hydrogen-bond acceptors (Lipinski definition) is 5. The molecule has 0 atom stereocenters. The molecule has 0 aliphatic rings. The number of aromatic nitrogens is 1. The topological polar surface area (TPSA) is 68.3 Å². The Morgan fingerprint density at radius 3 is 2.59 bits per heavy atom. The number of thiazole rings is 1. The highest BCUT2D eigenvalue weighted by Gasteiger charge is 2.19. The molecular weight excluding hydrogens is 394 g/mol. The molecule has 0 aliphatic carbocycles. The summed E-state index contributed by atoms with van der Waals surface area (Å²) in [5.41, 5.74) is 1.63. The molecule has 0 bridgehead atoms. The number of ether oxygens (including phenoxy) is 1. The number of methoxy groups -OCH3 is 1. The van der Waals surface area contributed by atoms with E-state index in [9.17, 15) is 17.2 Å². The number of nitrogens with zero attached hydrogens (tertiary/aromatic N) is 1.